The van der Waals surface area contributed by atoms with Gasteiger partial charge < -0.3 is 14.8 Å². The molecule has 4 nitrogen and oxygen atoms in total. The zero-order chi connectivity index (χ0) is 12.7. The van der Waals surface area contributed by atoms with Crippen LogP contribution in [0.5, 0.6) is 11.5 Å². The Labute approximate surface area is 109 Å². The van der Waals surface area contributed by atoms with Gasteiger partial charge in [-0.3, -0.25) is 4.79 Å². The van der Waals surface area contributed by atoms with E-state index in [1.165, 1.54) is 0 Å². The molecule has 0 aromatic heterocycles. The van der Waals surface area contributed by atoms with E-state index in [4.69, 9.17) is 9.47 Å². The SMILES string of the molecule is COc1ccccc1OC(C)CNC(=O)CBr. The Morgan fingerprint density at radius 2 is 2.06 bits per heavy atom. The highest BCUT2D eigenvalue weighted by Crippen LogP contribution is 2.26. The van der Waals surface area contributed by atoms with Crippen molar-refractivity contribution in [2.24, 2.45) is 0 Å². The Morgan fingerprint density at radius 3 is 2.65 bits per heavy atom. The normalized spacial score (nSPS) is 11.7. The summed E-state index contributed by atoms with van der Waals surface area (Å²) >= 11 is 3.08. The second kappa shape index (κ2) is 7.17. The summed E-state index contributed by atoms with van der Waals surface area (Å²) in [4.78, 5) is 11.1. The zero-order valence-corrected chi connectivity index (χ0v) is 11.5. The molecule has 0 saturated heterocycles. The molecule has 0 heterocycles. The van der Waals surface area contributed by atoms with Gasteiger partial charge >= 0.3 is 0 Å². The molecular formula is C12H16BrNO3. The van der Waals surface area contributed by atoms with E-state index in [9.17, 15) is 4.79 Å². The Bertz CT molecular complexity index is 371. The fraction of sp³-hybridized carbons (Fsp3) is 0.417. The lowest BCUT2D eigenvalue weighted by Crippen LogP contribution is -2.34. The highest BCUT2D eigenvalue weighted by Gasteiger charge is 2.09. The van der Waals surface area contributed by atoms with Crippen LogP contribution in [0.4, 0.5) is 0 Å². The van der Waals surface area contributed by atoms with Crippen molar-refractivity contribution >= 4 is 21.8 Å². The van der Waals surface area contributed by atoms with Gasteiger partial charge in [0.1, 0.15) is 6.10 Å². The summed E-state index contributed by atoms with van der Waals surface area (Å²) in [5.41, 5.74) is 0. The molecule has 1 aromatic rings. The van der Waals surface area contributed by atoms with Crippen molar-refractivity contribution in [3.8, 4) is 11.5 Å². The fourth-order valence-electron chi connectivity index (χ4n) is 1.28. The third-order valence-corrected chi connectivity index (χ3v) is 2.61. The van der Waals surface area contributed by atoms with E-state index < -0.39 is 0 Å². The third kappa shape index (κ3) is 4.65. The first-order valence-corrected chi connectivity index (χ1v) is 6.42. The number of halogens is 1. The van der Waals surface area contributed by atoms with E-state index in [0.29, 0.717) is 23.4 Å². The minimum atomic E-state index is -0.116. The number of carbonyl (C=O) groups is 1. The van der Waals surface area contributed by atoms with Gasteiger partial charge in [-0.2, -0.15) is 0 Å². The maximum atomic E-state index is 11.1. The number of ether oxygens (including phenoxy) is 2. The number of benzene rings is 1. The summed E-state index contributed by atoms with van der Waals surface area (Å²) in [5.74, 6) is 1.31. The Hall–Kier alpha value is -1.23. The monoisotopic (exact) mass is 301 g/mol. The lowest BCUT2D eigenvalue weighted by molar-refractivity contribution is -0.118. The molecule has 1 rings (SSSR count). The van der Waals surface area contributed by atoms with Crippen molar-refractivity contribution in [3.05, 3.63) is 24.3 Å². The molecule has 1 aromatic carbocycles. The largest absolute Gasteiger partial charge is 0.493 e. The average Bonchev–Trinajstić information content (AvgIpc) is 2.36. The maximum Gasteiger partial charge on any atom is 0.230 e. The molecule has 0 aliphatic heterocycles. The first kappa shape index (κ1) is 13.8. The first-order chi connectivity index (χ1) is 8.17. The van der Waals surface area contributed by atoms with E-state index in [0.717, 1.165) is 0 Å². The molecular weight excluding hydrogens is 286 g/mol. The van der Waals surface area contributed by atoms with Crippen LogP contribution in [-0.4, -0.2) is 31.0 Å². The quantitative estimate of drug-likeness (QED) is 0.817. The molecule has 0 bridgehead atoms. The van der Waals surface area contributed by atoms with Gasteiger partial charge in [-0.05, 0) is 19.1 Å². The van der Waals surface area contributed by atoms with Gasteiger partial charge in [0.15, 0.2) is 11.5 Å². The second-order valence-electron chi connectivity index (χ2n) is 3.52. The minimum Gasteiger partial charge on any atom is -0.493 e. The van der Waals surface area contributed by atoms with Gasteiger partial charge in [0.05, 0.1) is 19.0 Å². The molecule has 5 heteroatoms. The summed E-state index contributed by atoms with van der Waals surface area (Å²) in [6.45, 7) is 2.35. The van der Waals surface area contributed by atoms with Gasteiger partial charge in [-0.15, -0.1) is 0 Å². The summed E-state index contributed by atoms with van der Waals surface area (Å²) in [7, 11) is 1.60. The number of methoxy groups -OCH3 is 1. The van der Waals surface area contributed by atoms with Crippen LogP contribution < -0.4 is 14.8 Å². The lowest BCUT2D eigenvalue weighted by Gasteiger charge is -2.17. The van der Waals surface area contributed by atoms with E-state index in [1.807, 2.05) is 31.2 Å². The average molecular weight is 302 g/mol. The van der Waals surface area contributed by atoms with Crippen molar-refractivity contribution in [2.45, 2.75) is 13.0 Å². The first-order valence-electron chi connectivity index (χ1n) is 5.29. The van der Waals surface area contributed by atoms with E-state index in [1.54, 1.807) is 7.11 Å². The highest BCUT2D eigenvalue weighted by atomic mass is 79.9. The number of carbonyl (C=O) groups excluding carboxylic acids is 1. The van der Waals surface area contributed by atoms with Crippen LogP contribution in [0.3, 0.4) is 0 Å². The number of nitrogens with one attached hydrogen (secondary N) is 1. The highest BCUT2D eigenvalue weighted by molar-refractivity contribution is 9.09. The molecule has 1 unspecified atom stereocenters. The predicted molar refractivity (Wildman–Crippen MR) is 69.9 cm³/mol. The molecule has 0 aliphatic carbocycles. The van der Waals surface area contributed by atoms with Crippen molar-refractivity contribution in [3.63, 3.8) is 0 Å². The number of alkyl halides is 1. The number of rotatable bonds is 6. The van der Waals surface area contributed by atoms with E-state index >= 15 is 0 Å². The lowest BCUT2D eigenvalue weighted by atomic mass is 10.3. The summed E-state index contributed by atoms with van der Waals surface area (Å²) in [6.07, 6.45) is -0.116. The van der Waals surface area contributed by atoms with Crippen LogP contribution in [0.1, 0.15) is 6.92 Å². The molecule has 0 spiro atoms. The topological polar surface area (TPSA) is 47.6 Å². The molecule has 0 fully saturated rings. The Kier molecular flexibility index (Phi) is 5.83. The zero-order valence-electron chi connectivity index (χ0n) is 9.90. The number of hydrogen-bond acceptors (Lipinski definition) is 3. The fourth-order valence-corrected chi connectivity index (χ4v) is 1.48. The number of amides is 1. The van der Waals surface area contributed by atoms with Gasteiger partial charge in [-0.1, -0.05) is 28.1 Å². The molecule has 0 aliphatic rings. The van der Waals surface area contributed by atoms with Crippen LogP contribution in [0.15, 0.2) is 24.3 Å². The molecule has 1 atom stereocenters. The smallest absolute Gasteiger partial charge is 0.230 e. The second-order valence-corrected chi connectivity index (χ2v) is 4.08. The number of hydrogen-bond donors (Lipinski definition) is 1. The summed E-state index contributed by atoms with van der Waals surface area (Å²) in [6, 6.07) is 7.42. The summed E-state index contributed by atoms with van der Waals surface area (Å²) < 4.78 is 10.8. The van der Waals surface area contributed by atoms with Crippen molar-refractivity contribution in [1.82, 2.24) is 5.32 Å². The predicted octanol–water partition coefficient (Wildman–Crippen LogP) is 1.97. The minimum absolute atomic E-state index is 0.0551. The van der Waals surface area contributed by atoms with Gasteiger partial charge in [0.2, 0.25) is 5.91 Å². The van der Waals surface area contributed by atoms with Gasteiger partial charge in [0, 0.05) is 0 Å². The van der Waals surface area contributed by atoms with Crippen molar-refractivity contribution in [1.29, 1.82) is 0 Å². The molecule has 0 radical (unpaired) electrons. The van der Waals surface area contributed by atoms with Crippen molar-refractivity contribution in [2.75, 3.05) is 19.0 Å². The van der Waals surface area contributed by atoms with E-state index in [-0.39, 0.29) is 12.0 Å². The van der Waals surface area contributed by atoms with Crippen LogP contribution in [0, 0.1) is 0 Å². The molecule has 1 amide bonds. The van der Waals surface area contributed by atoms with E-state index in [2.05, 4.69) is 21.2 Å². The molecule has 0 saturated carbocycles. The Morgan fingerprint density at radius 1 is 1.41 bits per heavy atom. The van der Waals surface area contributed by atoms with Crippen LogP contribution in [-0.2, 0) is 4.79 Å². The third-order valence-electron chi connectivity index (χ3n) is 2.11. The summed E-state index contributed by atoms with van der Waals surface area (Å²) in [5, 5.41) is 3.04. The standard InChI is InChI=1S/C12H16BrNO3/c1-9(8-14-12(15)7-13)17-11-6-4-3-5-10(11)16-2/h3-6,9H,7-8H2,1-2H3,(H,14,15). The van der Waals surface area contributed by atoms with Crippen LogP contribution >= 0.6 is 15.9 Å². The Balaban J connectivity index is 2.50. The molecule has 94 valence electrons. The molecule has 17 heavy (non-hydrogen) atoms. The maximum absolute atomic E-state index is 11.1. The van der Waals surface area contributed by atoms with Crippen molar-refractivity contribution < 1.29 is 14.3 Å². The van der Waals surface area contributed by atoms with Crippen LogP contribution in [0.2, 0.25) is 0 Å². The number of para-hydroxylation sites is 2. The van der Waals surface area contributed by atoms with Gasteiger partial charge in [-0.25, -0.2) is 0 Å². The molecule has 1 N–H and O–H groups in total. The van der Waals surface area contributed by atoms with Gasteiger partial charge in [0.25, 0.3) is 0 Å². The van der Waals surface area contributed by atoms with Crippen LogP contribution in [0.25, 0.3) is 0 Å².